The van der Waals surface area contributed by atoms with Crippen molar-refractivity contribution in [2.75, 3.05) is 6.54 Å². The molecule has 4 heteroatoms. The number of aromatic nitrogens is 1. The molecule has 4 nitrogen and oxygen atoms in total. The maximum Gasteiger partial charge on any atom is 0.250 e. The summed E-state index contributed by atoms with van der Waals surface area (Å²) in [6, 6.07) is 5.51. The second kappa shape index (κ2) is 4.76. The van der Waals surface area contributed by atoms with Crippen LogP contribution in [0, 0.1) is 0 Å². The van der Waals surface area contributed by atoms with E-state index in [0.717, 1.165) is 13.0 Å². The van der Waals surface area contributed by atoms with E-state index in [1.165, 1.54) is 6.07 Å². The molecule has 0 spiro atoms. The highest BCUT2D eigenvalue weighted by molar-refractivity contribution is 5.10. The van der Waals surface area contributed by atoms with Gasteiger partial charge in [-0.3, -0.25) is 14.7 Å². The molecule has 1 aliphatic heterocycles. The van der Waals surface area contributed by atoms with Gasteiger partial charge in [0.2, 0.25) is 0 Å². The fraction of sp³-hybridized carbons (Fsp3) is 0.643. The van der Waals surface area contributed by atoms with Crippen LogP contribution in [0.2, 0.25) is 0 Å². The zero-order valence-corrected chi connectivity index (χ0v) is 11.6. The molecule has 0 aromatic carbocycles. The summed E-state index contributed by atoms with van der Waals surface area (Å²) in [5.41, 5.74) is 0.0352. The number of pyridine rings is 1. The van der Waals surface area contributed by atoms with Crippen molar-refractivity contribution in [1.82, 2.24) is 9.88 Å². The van der Waals surface area contributed by atoms with E-state index in [0.29, 0.717) is 11.9 Å². The maximum atomic E-state index is 11.2. The van der Waals surface area contributed by atoms with Crippen LogP contribution in [0.1, 0.15) is 34.1 Å². The van der Waals surface area contributed by atoms with Crippen LogP contribution in [0.15, 0.2) is 23.0 Å². The normalized spacial score (nSPS) is 25.3. The van der Waals surface area contributed by atoms with E-state index in [9.17, 15) is 4.79 Å². The number of aromatic amines is 1. The van der Waals surface area contributed by atoms with Gasteiger partial charge in [0.25, 0.3) is 5.56 Å². The number of nitrogens with one attached hydrogen (secondary N) is 1. The van der Waals surface area contributed by atoms with Crippen molar-refractivity contribution < 1.29 is 4.74 Å². The molecule has 2 atom stereocenters. The van der Waals surface area contributed by atoms with E-state index < -0.39 is 0 Å². The number of hydrogen-bond acceptors (Lipinski definition) is 3. The summed E-state index contributed by atoms with van der Waals surface area (Å²) in [7, 11) is 0. The van der Waals surface area contributed by atoms with Crippen LogP contribution in [0.4, 0.5) is 0 Å². The molecule has 1 aromatic rings. The summed E-state index contributed by atoms with van der Waals surface area (Å²) in [6.07, 6.45) is 1.14. The van der Waals surface area contributed by atoms with Gasteiger partial charge in [-0.1, -0.05) is 6.07 Å². The Morgan fingerprint density at radius 1 is 1.39 bits per heavy atom. The molecular formula is C14H22N2O2. The van der Waals surface area contributed by atoms with E-state index >= 15 is 0 Å². The SMILES string of the molecule is C[C@H]1C[C@@H](Oc2cccc(=O)[nH]2)CN1C(C)(C)C. The molecule has 1 N–H and O–H groups in total. The third-order valence-corrected chi connectivity index (χ3v) is 3.43. The van der Waals surface area contributed by atoms with Gasteiger partial charge in [-0.15, -0.1) is 0 Å². The Morgan fingerprint density at radius 3 is 2.67 bits per heavy atom. The molecule has 1 saturated heterocycles. The number of hydrogen-bond donors (Lipinski definition) is 1. The topological polar surface area (TPSA) is 45.3 Å². The number of rotatable bonds is 2. The third kappa shape index (κ3) is 2.93. The van der Waals surface area contributed by atoms with Gasteiger partial charge in [0.1, 0.15) is 6.10 Å². The number of ether oxygens (including phenoxy) is 1. The summed E-state index contributed by atoms with van der Waals surface area (Å²) in [5.74, 6) is 0.565. The quantitative estimate of drug-likeness (QED) is 0.873. The van der Waals surface area contributed by atoms with Crippen molar-refractivity contribution in [2.24, 2.45) is 0 Å². The lowest BCUT2D eigenvalue weighted by Crippen LogP contribution is -2.44. The molecule has 0 radical (unpaired) electrons. The van der Waals surface area contributed by atoms with Gasteiger partial charge in [-0.05, 0) is 33.8 Å². The minimum Gasteiger partial charge on any atom is -0.474 e. The fourth-order valence-corrected chi connectivity index (χ4v) is 2.68. The first kappa shape index (κ1) is 13.1. The van der Waals surface area contributed by atoms with Gasteiger partial charge < -0.3 is 4.74 Å². The Labute approximate surface area is 108 Å². The van der Waals surface area contributed by atoms with E-state index in [1.54, 1.807) is 12.1 Å². The Bertz CT molecular complexity index is 461. The van der Waals surface area contributed by atoms with Crippen LogP contribution in [0.5, 0.6) is 5.88 Å². The summed E-state index contributed by atoms with van der Waals surface area (Å²) in [5, 5.41) is 0. The Balaban J connectivity index is 2.03. The van der Waals surface area contributed by atoms with E-state index in [1.807, 2.05) is 0 Å². The molecule has 2 heterocycles. The van der Waals surface area contributed by atoms with Gasteiger partial charge in [0.05, 0.1) is 0 Å². The highest BCUT2D eigenvalue weighted by Gasteiger charge is 2.36. The van der Waals surface area contributed by atoms with Gasteiger partial charge in [0, 0.05) is 30.6 Å². The summed E-state index contributed by atoms with van der Waals surface area (Å²) in [4.78, 5) is 16.4. The highest BCUT2D eigenvalue weighted by Crippen LogP contribution is 2.28. The first-order chi connectivity index (χ1) is 8.36. The van der Waals surface area contributed by atoms with Gasteiger partial charge in [-0.2, -0.15) is 0 Å². The monoisotopic (exact) mass is 250 g/mol. The van der Waals surface area contributed by atoms with E-state index in [-0.39, 0.29) is 17.2 Å². The smallest absolute Gasteiger partial charge is 0.250 e. The number of likely N-dealkylation sites (tertiary alicyclic amines) is 1. The minimum absolute atomic E-state index is 0.119. The molecule has 0 saturated carbocycles. The van der Waals surface area contributed by atoms with Crippen LogP contribution in [-0.2, 0) is 0 Å². The van der Waals surface area contributed by atoms with Crippen molar-refractivity contribution in [3.63, 3.8) is 0 Å². The fourth-order valence-electron chi connectivity index (χ4n) is 2.68. The summed E-state index contributed by atoms with van der Waals surface area (Å²) >= 11 is 0. The lowest BCUT2D eigenvalue weighted by molar-refractivity contribution is 0.114. The van der Waals surface area contributed by atoms with Crippen LogP contribution in [0.3, 0.4) is 0 Å². The van der Waals surface area contributed by atoms with Crippen molar-refractivity contribution in [3.8, 4) is 5.88 Å². The first-order valence-electron chi connectivity index (χ1n) is 6.49. The molecule has 2 rings (SSSR count). The average Bonchev–Trinajstić information content (AvgIpc) is 2.59. The highest BCUT2D eigenvalue weighted by atomic mass is 16.5. The Kier molecular flexibility index (Phi) is 3.48. The molecule has 1 fully saturated rings. The predicted molar refractivity (Wildman–Crippen MR) is 72.0 cm³/mol. The number of H-pyrrole nitrogens is 1. The average molecular weight is 250 g/mol. The summed E-state index contributed by atoms with van der Waals surface area (Å²) < 4.78 is 5.85. The van der Waals surface area contributed by atoms with Crippen LogP contribution in [0.25, 0.3) is 0 Å². The molecule has 0 bridgehead atoms. The first-order valence-corrected chi connectivity index (χ1v) is 6.49. The van der Waals surface area contributed by atoms with Gasteiger partial charge in [-0.25, -0.2) is 0 Å². The lowest BCUT2D eigenvalue weighted by Gasteiger charge is -2.35. The van der Waals surface area contributed by atoms with Crippen molar-refractivity contribution >= 4 is 0 Å². The van der Waals surface area contributed by atoms with Gasteiger partial charge >= 0.3 is 0 Å². The zero-order valence-electron chi connectivity index (χ0n) is 11.6. The molecular weight excluding hydrogens is 228 g/mol. The van der Waals surface area contributed by atoms with Crippen LogP contribution in [-0.4, -0.2) is 34.1 Å². The van der Waals surface area contributed by atoms with E-state index in [4.69, 9.17) is 4.74 Å². The standard InChI is InChI=1S/C14H22N2O2/c1-10-8-11(9-16(10)14(2,3)4)18-13-7-5-6-12(17)15-13/h5-7,10-11H,8-9H2,1-4H3,(H,15,17)/t10-,11+/m0/s1. The maximum absolute atomic E-state index is 11.2. The van der Waals surface area contributed by atoms with Crippen molar-refractivity contribution in [2.45, 2.75) is 51.8 Å². The minimum atomic E-state index is -0.119. The second-order valence-corrected chi connectivity index (χ2v) is 6.03. The zero-order chi connectivity index (χ0) is 13.3. The van der Waals surface area contributed by atoms with Crippen molar-refractivity contribution in [1.29, 1.82) is 0 Å². The Hall–Kier alpha value is -1.29. The largest absolute Gasteiger partial charge is 0.474 e. The number of nitrogens with zero attached hydrogens (tertiary/aromatic N) is 1. The molecule has 0 aliphatic carbocycles. The molecule has 100 valence electrons. The summed E-state index contributed by atoms with van der Waals surface area (Å²) in [6.45, 7) is 9.78. The molecule has 0 amide bonds. The van der Waals surface area contributed by atoms with Gasteiger partial charge in [0.15, 0.2) is 5.88 Å². The Morgan fingerprint density at radius 2 is 2.11 bits per heavy atom. The molecule has 18 heavy (non-hydrogen) atoms. The molecule has 0 unspecified atom stereocenters. The predicted octanol–water partition coefficient (Wildman–Crippen LogP) is 2.01. The van der Waals surface area contributed by atoms with Crippen LogP contribution >= 0.6 is 0 Å². The lowest BCUT2D eigenvalue weighted by atomic mass is 10.1. The van der Waals surface area contributed by atoms with Crippen LogP contribution < -0.4 is 10.3 Å². The third-order valence-electron chi connectivity index (χ3n) is 3.43. The molecule has 1 aromatic heterocycles. The van der Waals surface area contributed by atoms with Crippen molar-refractivity contribution in [3.05, 3.63) is 28.6 Å². The molecule has 1 aliphatic rings. The second-order valence-electron chi connectivity index (χ2n) is 6.03. The van der Waals surface area contributed by atoms with E-state index in [2.05, 4.69) is 37.6 Å².